The molecule has 0 radical (unpaired) electrons. The van der Waals surface area contributed by atoms with Crippen LogP contribution in [0, 0.1) is 0 Å². The summed E-state index contributed by atoms with van der Waals surface area (Å²) in [5.41, 5.74) is 2.97. The summed E-state index contributed by atoms with van der Waals surface area (Å²) < 4.78 is 11.8. The molecule has 1 aromatic heterocycles. The van der Waals surface area contributed by atoms with E-state index in [9.17, 15) is 14.7 Å². The van der Waals surface area contributed by atoms with Crippen LogP contribution in [0.2, 0.25) is 0 Å². The fourth-order valence-electron chi connectivity index (χ4n) is 4.62. The topological polar surface area (TPSA) is 89.0 Å². The summed E-state index contributed by atoms with van der Waals surface area (Å²) in [5.74, 6) is 0.224. The zero-order valence-electron chi connectivity index (χ0n) is 19.8. The third-order valence-corrected chi connectivity index (χ3v) is 6.43. The average molecular weight is 483 g/mol. The van der Waals surface area contributed by atoms with Crippen molar-refractivity contribution >= 4 is 22.7 Å². The minimum absolute atomic E-state index is 0.0183. The van der Waals surface area contributed by atoms with Crippen molar-refractivity contribution in [1.29, 1.82) is 0 Å². The molecule has 0 aliphatic carbocycles. The summed E-state index contributed by atoms with van der Waals surface area (Å²) in [5, 5.41) is 10.6. The van der Waals surface area contributed by atoms with Crippen LogP contribution in [0.15, 0.2) is 84.9 Å². The molecule has 3 aromatic carbocycles. The number of methoxy groups -OCH3 is 1. The summed E-state index contributed by atoms with van der Waals surface area (Å²) in [7, 11) is 1.61. The van der Waals surface area contributed by atoms with Crippen LogP contribution in [0.5, 0.6) is 11.5 Å². The molecule has 0 unspecified atom stereocenters. The molecule has 0 spiro atoms. The van der Waals surface area contributed by atoms with Crippen LogP contribution < -0.4 is 9.47 Å². The van der Waals surface area contributed by atoms with Crippen molar-refractivity contribution in [1.82, 2.24) is 9.88 Å². The van der Waals surface area contributed by atoms with Gasteiger partial charge in [0.05, 0.1) is 24.9 Å². The summed E-state index contributed by atoms with van der Waals surface area (Å²) in [6, 6.07) is 25.4. The fraction of sp³-hybridized carbons (Fsp3) is 0.207. The monoisotopic (exact) mass is 482 g/mol. The third kappa shape index (κ3) is 4.92. The van der Waals surface area contributed by atoms with Crippen molar-refractivity contribution in [3.05, 3.63) is 90.5 Å². The van der Waals surface area contributed by atoms with E-state index in [1.165, 1.54) is 0 Å². The second-order valence-electron chi connectivity index (χ2n) is 8.80. The predicted molar refractivity (Wildman–Crippen MR) is 137 cm³/mol. The zero-order valence-corrected chi connectivity index (χ0v) is 19.8. The Bertz CT molecular complexity index is 1390. The molecule has 1 fully saturated rings. The van der Waals surface area contributed by atoms with Gasteiger partial charge in [-0.3, -0.25) is 14.5 Å². The number of hydrogen-bond donors (Lipinski definition) is 1. The van der Waals surface area contributed by atoms with Gasteiger partial charge in [-0.1, -0.05) is 60.7 Å². The number of fused-ring (bicyclic) bond motifs is 1. The Morgan fingerprint density at radius 1 is 1.00 bits per heavy atom. The van der Waals surface area contributed by atoms with Gasteiger partial charge in [-0.25, -0.2) is 4.98 Å². The van der Waals surface area contributed by atoms with Crippen LogP contribution in [0.4, 0.5) is 0 Å². The highest BCUT2D eigenvalue weighted by molar-refractivity contribution is 5.98. The van der Waals surface area contributed by atoms with E-state index in [1.54, 1.807) is 36.3 Å². The molecule has 7 nitrogen and oxygen atoms in total. The summed E-state index contributed by atoms with van der Waals surface area (Å²) in [4.78, 5) is 31.3. The van der Waals surface area contributed by atoms with E-state index in [1.807, 2.05) is 60.7 Å². The predicted octanol–water partition coefficient (Wildman–Crippen LogP) is 4.70. The van der Waals surface area contributed by atoms with Gasteiger partial charge >= 0.3 is 5.97 Å². The molecular formula is C29H26N2O5. The number of nitrogens with zero attached hydrogens (tertiary/aromatic N) is 2. The number of carbonyl (C=O) groups excluding carboxylic acids is 1. The standard InChI is InChI=1S/C29H26N2O5/c1-35-21-12-13-23-25(14-21)30-24(19-8-4-2-5-9-19)16-28(23)36-22-15-26(29(33)34)31(17-22)18-27(32)20-10-6-3-7-11-20/h2-14,16,22,26H,15,17-18H2,1H3,(H,33,34)/t22-,26+/m1/s1. The molecule has 0 amide bonds. The summed E-state index contributed by atoms with van der Waals surface area (Å²) >= 11 is 0. The molecule has 2 heterocycles. The van der Waals surface area contributed by atoms with E-state index in [0.717, 1.165) is 22.2 Å². The van der Waals surface area contributed by atoms with E-state index in [2.05, 4.69) is 0 Å². The molecular weight excluding hydrogens is 456 g/mol. The number of ether oxygens (including phenoxy) is 2. The normalized spacial score (nSPS) is 17.7. The zero-order chi connectivity index (χ0) is 25.1. The number of aliphatic carboxylic acids is 1. The Morgan fingerprint density at radius 2 is 1.72 bits per heavy atom. The van der Waals surface area contributed by atoms with E-state index < -0.39 is 18.1 Å². The fourth-order valence-corrected chi connectivity index (χ4v) is 4.62. The van der Waals surface area contributed by atoms with E-state index >= 15 is 0 Å². The van der Waals surface area contributed by atoms with Gasteiger partial charge in [-0.05, 0) is 12.1 Å². The Balaban J connectivity index is 1.44. The van der Waals surface area contributed by atoms with Crippen molar-refractivity contribution in [2.24, 2.45) is 0 Å². The lowest BCUT2D eigenvalue weighted by Crippen LogP contribution is -2.39. The molecule has 4 aromatic rings. The minimum Gasteiger partial charge on any atom is -0.497 e. The largest absolute Gasteiger partial charge is 0.497 e. The smallest absolute Gasteiger partial charge is 0.321 e. The molecule has 0 saturated carbocycles. The van der Waals surface area contributed by atoms with E-state index in [-0.39, 0.29) is 18.7 Å². The van der Waals surface area contributed by atoms with Crippen LogP contribution in [-0.2, 0) is 4.79 Å². The van der Waals surface area contributed by atoms with Crippen LogP contribution in [-0.4, -0.2) is 59.1 Å². The van der Waals surface area contributed by atoms with Crippen molar-refractivity contribution < 1.29 is 24.2 Å². The van der Waals surface area contributed by atoms with Crippen molar-refractivity contribution in [3.8, 4) is 22.8 Å². The van der Waals surface area contributed by atoms with Gasteiger partial charge in [0.15, 0.2) is 5.78 Å². The Labute approximate surface area is 208 Å². The highest BCUT2D eigenvalue weighted by Gasteiger charge is 2.39. The van der Waals surface area contributed by atoms with Crippen LogP contribution >= 0.6 is 0 Å². The molecule has 182 valence electrons. The number of hydrogen-bond acceptors (Lipinski definition) is 6. The number of benzene rings is 3. The Hall–Kier alpha value is -4.23. The van der Waals surface area contributed by atoms with Gasteiger partial charge in [-0.2, -0.15) is 0 Å². The second kappa shape index (κ2) is 10.2. The number of carbonyl (C=O) groups is 2. The molecule has 36 heavy (non-hydrogen) atoms. The van der Waals surface area contributed by atoms with Crippen molar-refractivity contribution in [3.63, 3.8) is 0 Å². The number of Topliss-reactive ketones (excluding diaryl/α,β-unsaturated/α-hetero) is 1. The molecule has 2 atom stereocenters. The Kier molecular flexibility index (Phi) is 6.64. The van der Waals surface area contributed by atoms with Gasteiger partial charge in [-0.15, -0.1) is 0 Å². The third-order valence-electron chi connectivity index (χ3n) is 6.43. The number of rotatable bonds is 8. The molecule has 0 bridgehead atoms. The molecule has 1 aliphatic rings. The quantitative estimate of drug-likeness (QED) is 0.364. The Morgan fingerprint density at radius 3 is 2.42 bits per heavy atom. The molecule has 1 N–H and O–H groups in total. The first-order valence-corrected chi connectivity index (χ1v) is 11.8. The molecule has 1 saturated heterocycles. The van der Waals surface area contributed by atoms with Crippen LogP contribution in [0.1, 0.15) is 16.8 Å². The molecule has 7 heteroatoms. The van der Waals surface area contributed by atoms with Gasteiger partial charge in [0.2, 0.25) is 0 Å². The number of aromatic nitrogens is 1. The molecule has 5 rings (SSSR count). The van der Waals surface area contributed by atoms with Gasteiger partial charge in [0.1, 0.15) is 23.6 Å². The maximum Gasteiger partial charge on any atom is 0.321 e. The maximum absolute atomic E-state index is 12.8. The van der Waals surface area contributed by atoms with E-state index in [0.29, 0.717) is 23.6 Å². The lowest BCUT2D eigenvalue weighted by atomic mass is 10.1. The highest BCUT2D eigenvalue weighted by atomic mass is 16.5. The maximum atomic E-state index is 12.8. The number of likely N-dealkylation sites (tertiary alicyclic amines) is 1. The number of carboxylic acid groups (broad SMARTS) is 1. The molecule has 1 aliphatic heterocycles. The SMILES string of the molecule is COc1ccc2c(O[C@@H]3C[C@@H](C(=O)O)N(CC(=O)c4ccccc4)C3)cc(-c3ccccc3)nc2c1. The van der Waals surface area contributed by atoms with Crippen LogP contribution in [0.3, 0.4) is 0 Å². The van der Waals surface area contributed by atoms with Crippen molar-refractivity contribution in [2.45, 2.75) is 18.6 Å². The van der Waals surface area contributed by atoms with Gasteiger partial charge in [0.25, 0.3) is 0 Å². The first kappa shape index (κ1) is 23.5. The second-order valence-corrected chi connectivity index (χ2v) is 8.80. The lowest BCUT2D eigenvalue weighted by molar-refractivity contribution is -0.141. The minimum atomic E-state index is -0.962. The number of ketones is 1. The van der Waals surface area contributed by atoms with Gasteiger partial charge < -0.3 is 14.6 Å². The average Bonchev–Trinajstić information content (AvgIpc) is 3.31. The number of pyridine rings is 1. The highest BCUT2D eigenvalue weighted by Crippen LogP contribution is 2.34. The first-order chi connectivity index (χ1) is 17.5. The van der Waals surface area contributed by atoms with Crippen molar-refractivity contribution in [2.75, 3.05) is 20.2 Å². The summed E-state index contributed by atoms with van der Waals surface area (Å²) in [6.07, 6.45) is -0.121. The van der Waals surface area contributed by atoms with Gasteiger partial charge in [0, 0.05) is 41.6 Å². The van der Waals surface area contributed by atoms with E-state index in [4.69, 9.17) is 14.5 Å². The summed E-state index contributed by atoms with van der Waals surface area (Å²) in [6.45, 7) is 0.348. The number of carboxylic acids is 1. The lowest BCUT2D eigenvalue weighted by Gasteiger charge is -2.20. The van der Waals surface area contributed by atoms with Crippen LogP contribution in [0.25, 0.3) is 22.2 Å². The first-order valence-electron chi connectivity index (χ1n) is 11.8.